The van der Waals surface area contributed by atoms with Gasteiger partial charge in [-0.25, -0.2) is 9.37 Å². The Kier molecular flexibility index (Phi) is 6.61. The summed E-state index contributed by atoms with van der Waals surface area (Å²) in [7, 11) is 2.10. The van der Waals surface area contributed by atoms with Crippen LogP contribution in [0.3, 0.4) is 0 Å². The number of amides is 1. The zero-order valence-corrected chi connectivity index (χ0v) is 20.4. The van der Waals surface area contributed by atoms with E-state index in [0.717, 1.165) is 41.7 Å². The van der Waals surface area contributed by atoms with Gasteiger partial charge in [-0.15, -0.1) is 11.3 Å². The Bertz CT molecular complexity index is 1370. The van der Waals surface area contributed by atoms with Gasteiger partial charge in [-0.2, -0.15) is 4.98 Å². The smallest absolute Gasteiger partial charge is 0.242 e. The summed E-state index contributed by atoms with van der Waals surface area (Å²) in [5.41, 5.74) is 2.70. The first-order chi connectivity index (χ1) is 16.9. The number of aromatic nitrogens is 2. The lowest BCUT2D eigenvalue weighted by Crippen LogP contribution is -2.29. The molecule has 0 atom stereocenters. The maximum atomic E-state index is 15.0. The Morgan fingerprint density at radius 3 is 2.71 bits per heavy atom. The second-order valence-corrected chi connectivity index (χ2v) is 9.65. The maximum absolute atomic E-state index is 15.0. The second-order valence-electron chi connectivity index (χ2n) is 8.74. The number of likely N-dealkylation sites (tertiary alicyclic amines) is 1. The number of ether oxygens (including phenoxy) is 1. The molecule has 0 radical (unpaired) electrons. The molecule has 2 aromatic heterocycles. The molecule has 1 saturated heterocycles. The monoisotopic (exact) mass is 491 g/mol. The Labute approximate surface area is 207 Å². The van der Waals surface area contributed by atoms with Crippen LogP contribution < -0.4 is 15.4 Å². The highest BCUT2D eigenvalue weighted by Gasteiger charge is 2.21. The number of rotatable bonds is 6. The molecule has 1 aliphatic heterocycles. The van der Waals surface area contributed by atoms with Crippen LogP contribution in [0.15, 0.2) is 53.9 Å². The quantitative estimate of drug-likeness (QED) is 0.338. The number of nitrogens with one attached hydrogen (secondary N) is 2. The standard InChI is InChI=1S/C26H26FN5O2S/c1-16(33)28-18-4-3-5-20(14-18)34-25-24-23(10-13-35-24)30-26(31-25)29-19-6-7-21(22(27)15-19)17-8-11-32(2)12-9-17/h3-7,10,13-15,17H,8-9,11-12H2,1-2H3,(H,28,33)(H,29,30,31). The molecule has 0 saturated carbocycles. The first-order valence-electron chi connectivity index (χ1n) is 11.5. The van der Waals surface area contributed by atoms with Crippen LogP contribution in [-0.4, -0.2) is 40.9 Å². The minimum Gasteiger partial charge on any atom is -0.437 e. The number of fused-ring (bicyclic) bond motifs is 1. The molecule has 9 heteroatoms. The van der Waals surface area contributed by atoms with E-state index in [-0.39, 0.29) is 17.6 Å². The van der Waals surface area contributed by atoms with Crippen molar-refractivity contribution in [3.63, 3.8) is 0 Å². The number of nitrogens with zero attached hydrogens (tertiary/aromatic N) is 3. The number of halogens is 1. The van der Waals surface area contributed by atoms with Crippen molar-refractivity contribution in [2.75, 3.05) is 30.8 Å². The molecule has 180 valence electrons. The van der Waals surface area contributed by atoms with E-state index >= 15 is 0 Å². The highest BCUT2D eigenvalue weighted by atomic mass is 32.1. The summed E-state index contributed by atoms with van der Waals surface area (Å²) < 4.78 is 21.9. The van der Waals surface area contributed by atoms with Gasteiger partial charge in [-0.1, -0.05) is 12.1 Å². The summed E-state index contributed by atoms with van der Waals surface area (Å²) in [5, 5.41) is 7.78. The van der Waals surface area contributed by atoms with E-state index in [1.54, 1.807) is 24.3 Å². The van der Waals surface area contributed by atoms with E-state index in [1.807, 2.05) is 23.6 Å². The molecule has 0 bridgehead atoms. The van der Waals surface area contributed by atoms with Gasteiger partial charge in [-0.3, -0.25) is 4.79 Å². The summed E-state index contributed by atoms with van der Waals surface area (Å²) in [6.07, 6.45) is 1.92. The molecule has 0 spiro atoms. The van der Waals surface area contributed by atoms with Crippen molar-refractivity contribution in [1.29, 1.82) is 0 Å². The summed E-state index contributed by atoms with van der Waals surface area (Å²) in [4.78, 5) is 22.8. The second kappa shape index (κ2) is 9.97. The number of benzene rings is 2. The summed E-state index contributed by atoms with van der Waals surface area (Å²) >= 11 is 1.47. The third-order valence-corrected chi connectivity index (χ3v) is 6.95. The van der Waals surface area contributed by atoms with Crippen molar-refractivity contribution in [3.8, 4) is 11.6 Å². The molecular formula is C26H26FN5O2S. The van der Waals surface area contributed by atoms with Crippen molar-refractivity contribution < 1.29 is 13.9 Å². The van der Waals surface area contributed by atoms with Gasteiger partial charge in [0.25, 0.3) is 0 Å². The molecule has 1 aliphatic rings. The summed E-state index contributed by atoms with van der Waals surface area (Å²) in [6, 6.07) is 14.2. The lowest BCUT2D eigenvalue weighted by molar-refractivity contribution is -0.114. The Hall–Kier alpha value is -3.56. The fourth-order valence-electron chi connectivity index (χ4n) is 4.30. The molecule has 35 heavy (non-hydrogen) atoms. The van der Waals surface area contributed by atoms with Crippen LogP contribution in [0.1, 0.15) is 31.2 Å². The van der Waals surface area contributed by atoms with Gasteiger partial charge >= 0.3 is 0 Å². The van der Waals surface area contributed by atoms with Crippen molar-refractivity contribution in [3.05, 3.63) is 65.3 Å². The first-order valence-corrected chi connectivity index (χ1v) is 12.4. The fourth-order valence-corrected chi connectivity index (χ4v) is 5.05. The predicted molar refractivity (Wildman–Crippen MR) is 137 cm³/mol. The zero-order valence-electron chi connectivity index (χ0n) is 19.5. The van der Waals surface area contributed by atoms with Gasteiger partial charge in [-0.05, 0) is 80.2 Å². The number of hydrogen-bond donors (Lipinski definition) is 2. The Morgan fingerprint density at radius 1 is 1.11 bits per heavy atom. The number of hydrogen-bond acceptors (Lipinski definition) is 7. The third kappa shape index (κ3) is 5.41. The lowest BCUT2D eigenvalue weighted by atomic mass is 9.89. The Balaban J connectivity index is 1.38. The van der Waals surface area contributed by atoms with E-state index in [9.17, 15) is 9.18 Å². The highest BCUT2D eigenvalue weighted by molar-refractivity contribution is 7.17. The van der Waals surface area contributed by atoms with Crippen LogP contribution >= 0.6 is 11.3 Å². The van der Waals surface area contributed by atoms with Gasteiger partial charge in [0, 0.05) is 24.4 Å². The lowest BCUT2D eigenvalue weighted by Gasteiger charge is -2.29. The van der Waals surface area contributed by atoms with Crippen molar-refractivity contribution in [2.45, 2.75) is 25.7 Å². The molecule has 1 fully saturated rings. The molecule has 5 rings (SSSR count). The number of piperidine rings is 1. The molecule has 0 aliphatic carbocycles. The molecule has 0 unspecified atom stereocenters. The van der Waals surface area contributed by atoms with E-state index in [1.165, 1.54) is 24.3 Å². The fraction of sp³-hybridized carbons (Fsp3) is 0.269. The minimum absolute atomic E-state index is 0.162. The van der Waals surface area contributed by atoms with E-state index in [0.29, 0.717) is 29.0 Å². The van der Waals surface area contributed by atoms with Gasteiger partial charge in [0.05, 0.1) is 5.52 Å². The van der Waals surface area contributed by atoms with Gasteiger partial charge in [0.15, 0.2) is 0 Å². The minimum atomic E-state index is -0.215. The molecule has 2 N–H and O–H groups in total. The topological polar surface area (TPSA) is 79.4 Å². The van der Waals surface area contributed by atoms with Crippen molar-refractivity contribution in [2.24, 2.45) is 0 Å². The van der Waals surface area contributed by atoms with Crippen LogP contribution in [0.2, 0.25) is 0 Å². The number of carbonyl (C=O) groups excluding carboxylic acids is 1. The van der Waals surface area contributed by atoms with Crippen LogP contribution in [0.4, 0.5) is 21.7 Å². The van der Waals surface area contributed by atoms with E-state index in [4.69, 9.17) is 4.74 Å². The van der Waals surface area contributed by atoms with E-state index in [2.05, 4.69) is 32.5 Å². The van der Waals surface area contributed by atoms with E-state index < -0.39 is 0 Å². The maximum Gasteiger partial charge on any atom is 0.242 e. The molecule has 2 aromatic carbocycles. The third-order valence-electron chi connectivity index (χ3n) is 6.06. The number of anilines is 3. The van der Waals surface area contributed by atoms with Crippen LogP contribution in [0.25, 0.3) is 10.2 Å². The zero-order chi connectivity index (χ0) is 24.4. The van der Waals surface area contributed by atoms with Gasteiger partial charge in [0.1, 0.15) is 16.3 Å². The van der Waals surface area contributed by atoms with Crippen LogP contribution in [0.5, 0.6) is 11.6 Å². The Morgan fingerprint density at radius 2 is 1.94 bits per heavy atom. The summed E-state index contributed by atoms with van der Waals surface area (Å²) in [6.45, 7) is 3.42. The van der Waals surface area contributed by atoms with Gasteiger partial charge < -0.3 is 20.3 Å². The summed E-state index contributed by atoms with van der Waals surface area (Å²) in [5.74, 6) is 1.10. The van der Waals surface area contributed by atoms with Crippen LogP contribution in [0, 0.1) is 5.82 Å². The highest BCUT2D eigenvalue weighted by Crippen LogP contribution is 2.35. The molecule has 4 aromatic rings. The average molecular weight is 492 g/mol. The number of carbonyl (C=O) groups is 1. The first kappa shape index (κ1) is 23.2. The molecule has 3 heterocycles. The number of thiophene rings is 1. The largest absolute Gasteiger partial charge is 0.437 e. The molecular weight excluding hydrogens is 465 g/mol. The average Bonchev–Trinajstić information content (AvgIpc) is 3.29. The normalized spacial score (nSPS) is 14.7. The van der Waals surface area contributed by atoms with Crippen molar-refractivity contribution in [1.82, 2.24) is 14.9 Å². The van der Waals surface area contributed by atoms with Crippen molar-refractivity contribution >= 4 is 44.8 Å². The molecule has 7 nitrogen and oxygen atoms in total. The van der Waals surface area contributed by atoms with Crippen LogP contribution in [-0.2, 0) is 4.79 Å². The molecule has 1 amide bonds. The predicted octanol–water partition coefficient (Wildman–Crippen LogP) is 6.13. The van der Waals surface area contributed by atoms with Gasteiger partial charge in [0.2, 0.25) is 17.7 Å². The SMILES string of the molecule is CC(=O)Nc1cccc(Oc2nc(Nc3ccc(C4CCN(C)CC4)c(F)c3)nc3ccsc23)c1.